The lowest BCUT2D eigenvalue weighted by Crippen LogP contribution is -2.34. The number of piperidine rings is 1. The number of hydrogen-bond acceptors (Lipinski definition) is 6. The number of benzene rings is 2. The van der Waals surface area contributed by atoms with Gasteiger partial charge in [-0.1, -0.05) is 12.1 Å². The van der Waals surface area contributed by atoms with Crippen molar-refractivity contribution < 1.29 is 23.7 Å². The fourth-order valence-electron chi connectivity index (χ4n) is 3.71. The molecule has 1 fully saturated rings. The molecule has 6 heteroatoms. The second-order valence-corrected chi connectivity index (χ2v) is 7.53. The Morgan fingerprint density at radius 2 is 1.22 bits per heavy atom. The Kier molecular flexibility index (Phi) is 7.95. The molecular formula is C26H31NO5. The van der Waals surface area contributed by atoms with Crippen molar-refractivity contribution >= 4 is 17.9 Å². The fraction of sp³-hybridized carbons (Fsp3) is 0.346. The van der Waals surface area contributed by atoms with Gasteiger partial charge in [-0.05, 0) is 68.4 Å². The van der Waals surface area contributed by atoms with Crippen molar-refractivity contribution in [3.8, 4) is 23.0 Å². The summed E-state index contributed by atoms with van der Waals surface area (Å²) in [6.45, 7) is 6.14. The lowest BCUT2D eigenvalue weighted by atomic mass is 9.94. The van der Waals surface area contributed by atoms with Crippen LogP contribution >= 0.6 is 0 Å². The Labute approximate surface area is 190 Å². The molecule has 1 aliphatic heterocycles. The van der Waals surface area contributed by atoms with E-state index in [4.69, 9.17) is 18.9 Å². The van der Waals surface area contributed by atoms with Crippen LogP contribution in [0.5, 0.6) is 23.0 Å². The standard InChI is InChI=1S/C26H31NO5/c1-6-31-22-10-8-18(14-24(22)29-4)12-20-16-27(3)17-21(26(20)28)13-19-9-11-23(32-7-2)25(15-19)30-5/h8-15H,6-7,16-17H2,1-5H3/b20-12-,21-13+. The molecule has 0 radical (unpaired) electrons. The molecule has 1 heterocycles. The van der Waals surface area contributed by atoms with Gasteiger partial charge in [0, 0.05) is 24.2 Å². The third-order valence-electron chi connectivity index (χ3n) is 5.12. The van der Waals surface area contributed by atoms with Gasteiger partial charge in [-0.25, -0.2) is 0 Å². The van der Waals surface area contributed by atoms with Gasteiger partial charge in [0.25, 0.3) is 0 Å². The first-order valence-corrected chi connectivity index (χ1v) is 10.7. The summed E-state index contributed by atoms with van der Waals surface area (Å²) in [5.74, 6) is 2.72. The highest BCUT2D eigenvalue weighted by Gasteiger charge is 2.24. The van der Waals surface area contributed by atoms with Crippen molar-refractivity contribution in [2.75, 3.05) is 47.6 Å². The van der Waals surface area contributed by atoms with Crippen LogP contribution < -0.4 is 18.9 Å². The minimum absolute atomic E-state index is 0.0452. The third kappa shape index (κ3) is 5.51. The quantitative estimate of drug-likeness (QED) is 0.568. The van der Waals surface area contributed by atoms with Crippen molar-refractivity contribution in [1.82, 2.24) is 4.90 Å². The van der Waals surface area contributed by atoms with E-state index in [1.807, 2.05) is 69.4 Å². The van der Waals surface area contributed by atoms with E-state index in [1.165, 1.54) is 0 Å². The van der Waals surface area contributed by atoms with Crippen molar-refractivity contribution in [2.24, 2.45) is 0 Å². The fourth-order valence-corrected chi connectivity index (χ4v) is 3.71. The zero-order chi connectivity index (χ0) is 23.1. The predicted molar refractivity (Wildman–Crippen MR) is 127 cm³/mol. The van der Waals surface area contributed by atoms with Crippen molar-refractivity contribution in [3.05, 3.63) is 58.7 Å². The number of likely N-dealkylation sites (tertiary alicyclic amines) is 1. The minimum atomic E-state index is 0.0452. The van der Waals surface area contributed by atoms with Crippen LogP contribution in [0, 0.1) is 0 Å². The summed E-state index contributed by atoms with van der Waals surface area (Å²) >= 11 is 0. The maximum atomic E-state index is 13.3. The zero-order valence-corrected chi connectivity index (χ0v) is 19.4. The summed E-state index contributed by atoms with van der Waals surface area (Å²) in [5.41, 5.74) is 3.25. The second kappa shape index (κ2) is 10.9. The monoisotopic (exact) mass is 437 g/mol. The summed E-state index contributed by atoms with van der Waals surface area (Å²) in [5, 5.41) is 0. The Hall–Kier alpha value is -3.25. The second-order valence-electron chi connectivity index (χ2n) is 7.53. The van der Waals surface area contributed by atoms with Gasteiger partial charge < -0.3 is 18.9 Å². The van der Waals surface area contributed by atoms with Gasteiger partial charge in [0.2, 0.25) is 0 Å². The normalized spacial score (nSPS) is 17.0. The Bertz CT molecular complexity index is 945. The van der Waals surface area contributed by atoms with Gasteiger partial charge in [-0.15, -0.1) is 0 Å². The summed E-state index contributed by atoms with van der Waals surface area (Å²) < 4.78 is 22.1. The number of rotatable bonds is 8. The lowest BCUT2D eigenvalue weighted by Gasteiger charge is -2.26. The average Bonchev–Trinajstić information content (AvgIpc) is 2.79. The number of ether oxygens (including phenoxy) is 4. The lowest BCUT2D eigenvalue weighted by molar-refractivity contribution is -0.113. The first-order chi connectivity index (χ1) is 15.5. The number of nitrogens with zero attached hydrogens (tertiary/aromatic N) is 1. The van der Waals surface area contributed by atoms with Crippen LogP contribution in [0.4, 0.5) is 0 Å². The molecule has 0 unspecified atom stereocenters. The largest absolute Gasteiger partial charge is 0.493 e. The molecule has 2 aromatic rings. The Morgan fingerprint density at radius 3 is 1.59 bits per heavy atom. The summed E-state index contributed by atoms with van der Waals surface area (Å²) in [6.07, 6.45) is 3.84. The number of likely N-dealkylation sites (N-methyl/N-ethyl adjacent to an activating group) is 1. The molecule has 2 aromatic carbocycles. The Balaban J connectivity index is 1.91. The number of methoxy groups -OCH3 is 2. The molecule has 0 bridgehead atoms. The van der Waals surface area contributed by atoms with Crippen LogP contribution in [0.1, 0.15) is 25.0 Å². The number of carbonyl (C=O) groups excluding carboxylic acids is 1. The summed E-state index contributed by atoms with van der Waals surface area (Å²) in [4.78, 5) is 15.4. The van der Waals surface area contributed by atoms with Gasteiger partial charge >= 0.3 is 0 Å². The zero-order valence-electron chi connectivity index (χ0n) is 19.4. The molecule has 0 atom stereocenters. The van der Waals surface area contributed by atoms with Gasteiger partial charge in [-0.2, -0.15) is 0 Å². The van der Waals surface area contributed by atoms with Crippen molar-refractivity contribution in [3.63, 3.8) is 0 Å². The smallest absolute Gasteiger partial charge is 0.187 e. The molecule has 0 aromatic heterocycles. The van der Waals surface area contributed by atoms with Crippen LogP contribution in [-0.4, -0.2) is 58.3 Å². The van der Waals surface area contributed by atoms with Crippen LogP contribution in [0.2, 0.25) is 0 Å². The van der Waals surface area contributed by atoms with E-state index in [-0.39, 0.29) is 5.78 Å². The van der Waals surface area contributed by atoms with E-state index in [2.05, 4.69) is 4.90 Å². The first kappa shape index (κ1) is 23.4. The summed E-state index contributed by atoms with van der Waals surface area (Å²) in [6, 6.07) is 11.4. The maximum Gasteiger partial charge on any atom is 0.187 e. The van der Waals surface area contributed by atoms with E-state index in [1.54, 1.807) is 14.2 Å². The molecule has 0 spiro atoms. The minimum Gasteiger partial charge on any atom is -0.493 e. The molecule has 170 valence electrons. The highest BCUT2D eigenvalue weighted by molar-refractivity contribution is 6.14. The SMILES string of the molecule is CCOc1ccc(/C=C2/CN(C)C/C(=C\c3ccc(OCC)c(OC)c3)C2=O)cc1OC. The number of Topliss-reactive ketones (excluding diaryl/α,β-unsaturated/α-hetero) is 1. The molecule has 1 saturated heterocycles. The summed E-state index contributed by atoms with van der Waals surface area (Å²) in [7, 11) is 5.23. The van der Waals surface area contributed by atoms with E-state index < -0.39 is 0 Å². The highest BCUT2D eigenvalue weighted by atomic mass is 16.5. The molecule has 1 aliphatic rings. The van der Waals surface area contributed by atoms with Crippen LogP contribution in [0.15, 0.2) is 47.5 Å². The van der Waals surface area contributed by atoms with Crippen LogP contribution in [0.3, 0.4) is 0 Å². The van der Waals surface area contributed by atoms with E-state index in [9.17, 15) is 4.79 Å². The first-order valence-electron chi connectivity index (χ1n) is 10.7. The molecule has 0 saturated carbocycles. The van der Waals surface area contributed by atoms with Crippen LogP contribution in [0.25, 0.3) is 12.2 Å². The van der Waals surface area contributed by atoms with Crippen LogP contribution in [-0.2, 0) is 4.79 Å². The van der Waals surface area contributed by atoms with Gasteiger partial charge in [0.1, 0.15) is 0 Å². The molecule has 0 N–H and O–H groups in total. The van der Waals surface area contributed by atoms with Crippen molar-refractivity contribution in [2.45, 2.75) is 13.8 Å². The molecular weight excluding hydrogens is 406 g/mol. The highest BCUT2D eigenvalue weighted by Crippen LogP contribution is 2.31. The average molecular weight is 438 g/mol. The number of hydrogen-bond donors (Lipinski definition) is 0. The third-order valence-corrected chi connectivity index (χ3v) is 5.12. The van der Waals surface area contributed by atoms with Gasteiger partial charge in [0.05, 0.1) is 27.4 Å². The Morgan fingerprint density at radius 1 is 0.781 bits per heavy atom. The van der Waals surface area contributed by atoms with Crippen molar-refractivity contribution in [1.29, 1.82) is 0 Å². The molecule has 0 amide bonds. The molecule has 6 nitrogen and oxygen atoms in total. The molecule has 0 aliphatic carbocycles. The topological polar surface area (TPSA) is 57.2 Å². The molecule has 3 rings (SSSR count). The molecule has 32 heavy (non-hydrogen) atoms. The van der Waals surface area contributed by atoms with Gasteiger partial charge in [-0.3, -0.25) is 9.69 Å². The van der Waals surface area contributed by atoms with Gasteiger partial charge in [0.15, 0.2) is 28.8 Å². The maximum absolute atomic E-state index is 13.3. The van der Waals surface area contributed by atoms with E-state index >= 15 is 0 Å². The number of ketones is 1. The van der Waals surface area contributed by atoms with E-state index in [0.717, 1.165) is 22.3 Å². The number of carbonyl (C=O) groups is 1. The van der Waals surface area contributed by atoms with E-state index in [0.29, 0.717) is 49.3 Å². The predicted octanol–water partition coefficient (Wildman–Crippen LogP) is 4.48.